The summed E-state index contributed by atoms with van der Waals surface area (Å²) in [4.78, 5) is 31.4. The molecule has 0 spiro atoms. The van der Waals surface area contributed by atoms with Crippen LogP contribution in [-0.2, 0) is 16.0 Å². The number of fused-ring (bicyclic) bond motifs is 1. The molecule has 0 radical (unpaired) electrons. The van der Waals surface area contributed by atoms with E-state index in [0.29, 0.717) is 23.7 Å². The van der Waals surface area contributed by atoms with Crippen LogP contribution in [0.1, 0.15) is 47.3 Å². The van der Waals surface area contributed by atoms with Gasteiger partial charge in [-0.25, -0.2) is 0 Å². The van der Waals surface area contributed by atoms with E-state index in [1.807, 2.05) is 36.7 Å². The Morgan fingerprint density at radius 3 is 2.74 bits per heavy atom. The number of aromatic amines is 1. The molecule has 0 saturated heterocycles. The molecular formula is C24H29N3O3S. The van der Waals surface area contributed by atoms with Crippen molar-refractivity contribution in [3.05, 3.63) is 46.2 Å². The number of nitrogens with one attached hydrogen (secondary N) is 2. The Balaban J connectivity index is 1.62. The van der Waals surface area contributed by atoms with Crippen LogP contribution >= 0.6 is 11.3 Å². The quantitative estimate of drug-likeness (QED) is 0.530. The first-order valence-electron chi connectivity index (χ1n) is 10.8. The third kappa shape index (κ3) is 4.67. The van der Waals surface area contributed by atoms with Crippen LogP contribution in [0.25, 0.3) is 10.9 Å². The van der Waals surface area contributed by atoms with Gasteiger partial charge in [0.1, 0.15) is 5.82 Å². The number of methoxy groups -OCH3 is 1. The van der Waals surface area contributed by atoms with E-state index in [-0.39, 0.29) is 17.7 Å². The molecule has 2 amide bonds. The van der Waals surface area contributed by atoms with Gasteiger partial charge in [-0.05, 0) is 42.8 Å². The van der Waals surface area contributed by atoms with Crippen molar-refractivity contribution in [2.24, 2.45) is 5.92 Å². The minimum atomic E-state index is -0.134. The molecule has 7 heteroatoms. The molecule has 4 rings (SSSR count). The van der Waals surface area contributed by atoms with E-state index < -0.39 is 0 Å². The van der Waals surface area contributed by atoms with Crippen LogP contribution in [0.5, 0.6) is 0 Å². The normalized spacial score (nSPS) is 14.6. The van der Waals surface area contributed by atoms with E-state index in [9.17, 15) is 9.59 Å². The van der Waals surface area contributed by atoms with E-state index >= 15 is 0 Å². The highest BCUT2D eigenvalue weighted by atomic mass is 32.1. The number of benzene rings is 1. The zero-order chi connectivity index (χ0) is 21.8. The highest BCUT2D eigenvalue weighted by Crippen LogP contribution is 2.32. The first-order valence-corrected chi connectivity index (χ1v) is 11.7. The number of carbonyl (C=O) groups is 2. The molecule has 2 heterocycles. The van der Waals surface area contributed by atoms with Crippen LogP contribution in [0.3, 0.4) is 0 Å². The van der Waals surface area contributed by atoms with Crippen molar-refractivity contribution >= 4 is 45.6 Å². The molecule has 1 saturated carbocycles. The number of hydrogen-bond acceptors (Lipinski definition) is 4. The van der Waals surface area contributed by atoms with Gasteiger partial charge in [0, 0.05) is 42.2 Å². The lowest BCUT2D eigenvalue weighted by Crippen LogP contribution is -2.33. The summed E-state index contributed by atoms with van der Waals surface area (Å²) in [7, 11) is 3.52. The van der Waals surface area contributed by atoms with Crippen molar-refractivity contribution in [3.63, 3.8) is 0 Å². The molecule has 6 nitrogen and oxygen atoms in total. The average Bonchev–Trinajstić information content (AvgIpc) is 3.45. The van der Waals surface area contributed by atoms with Crippen molar-refractivity contribution in [1.82, 2.24) is 4.98 Å². The van der Waals surface area contributed by atoms with Gasteiger partial charge in [-0.1, -0.05) is 31.4 Å². The molecule has 0 aliphatic heterocycles. The molecule has 0 atom stereocenters. The highest BCUT2D eigenvalue weighted by Gasteiger charge is 2.25. The maximum atomic E-state index is 13.0. The Labute approximate surface area is 186 Å². The number of aromatic nitrogens is 1. The second-order valence-electron chi connectivity index (χ2n) is 8.11. The van der Waals surface area contributed by atoms with Crippen LogP contribution in [0.2, 0.25) is 0 Å². The second kappa shape index (κ2) is 9.66. The number of carbonyl (C=O) groups excluding carboxylic acids is 2. The van der Waals surface area contributed by atoms with Gasteiger partial charge in [0.05, 0.1) is 11.5 Å². The molecule has 1 aliphatic carbocycles. The number of amides is 2. The van der Waals surface area contributed by atoms with E-state index in [1.54, 1.807) is 18.1 Å². The lowest BCUT2D eigenvalue weighted by Gasteiger charge is -2.26. The van der Waals surface area contributed by atoms with E-state index in [4.69, 9.17) is 4.74 Å². The van der Waals surface area contributed by atoms with Crippen molar-refractivity contribution in [3.8, 4) is 0 Å². The number of thiophene rings is 1. The molecular weight excluding hydrogens is 410 g/mol. The summed E-state index contributed by atoms with van der Waals surface area (Å²) in [6.07, 6.45) is 6.13. The molecule has 1 aliphatic rings. The Hall–Kier alpha value is -2.64. The van der Waals surface area contributed by atoms with Crippen LogP contribution in [0, 0.1) is 5.92 Å². The Kier molecular flexibility index (Phi) is 6.73. The van der Waals surface area contributed by atoms with Gasteiger partial charge in [-0.3, -0.25) is 9.59 Å². The summed E-state index contributed by atoms with van der Waals surface area (Å²) >= 11 is 1.41. The number of nitrogens with zero attached hydrogens (tertiary/aromatic N) is 1. The SMILES string of the molecule is COCCc1c(NC(=O)c2cccs2)[nH]c2cc(N(C)C(=O)C3CCCCC3)ccc12. The lowest BCUT2D eigenvalue weighted by molar-refractivity contribution is -0.123. The number of hydrogen-bond donors (Lipinski definition) is 2. The average molecular weight is 440 g/mol. The van der Waals surface area contributed by atoms with Gasteiger partial charge in [-0.15, -0.1) is 11.3 Å². The maximum Gasteiger partial charge on any atom is 0.266 e. The van der Waals surface area contributed by atoms with Crippen molar-refractivity contribution in [2.45, 2.75) is 38.5 Å². The number of rotatable bonds is 7. The largest absolute Gasteiger partial charge is 0.384 e. The third-order valence-corrected chi connectivity index (χ3v) is 6.97. The summed E-state index contributed by atoms with van der Waals surface area (Å²) in [6, 6.07) is 9.67. The minimum Gasteiger partial charge on any atom is -0.384 e. The van der Waals surface area contributed by atoms with Crippen LogP contribution in [0.4, 0.5) is 11.5 Å². The topological polar surface area (TPSA) is 74.4 Å². The van der Waals surface area contributed by atoms with Crippen LogP contribution in [0.15, 0.2) is 35.7 Å². The fourth-order valence-electron chi connectivity index (χ4n) is 4.36. The van der Waals surface area contributed by atoms with Gasteiger partial charge in [0.15, 0.2) is 0 Å². The second-order valence-corrected chi connectivity index (χ2v) is 9.06. The predicted molar refractivity (Wildman–Crippen MR) is 126 cm³/mol. The fraction of sp³-hybridized carbons (Fsp3) is 0.417. The van der Waals surface area contributed by atoms with Crippen molar-refractivity contribution in [2.75, 3.05) is 31.0 Å². The predicted octanol–water partition coefficient (Wildman–Crippen LogP) is 5.21. The van der Waals surface area contributed by atoms with Gasteiger partial charge in [0.25, 0.3) is 5.91 Å². The summed E-state index contributed by atoms with van der Waals surface area (Å²) in [5.41, 5.74) is 2.77. The highest BCUT2D eigenvalue weighted by molar-refractivity contribution is 7.12. The molecule has 1 fully saturated rings. The maximum absolute atomic E-state index is 13.0. The molecule has 2 aromatic heterocycles. The first kappa shape index (κ1) is 21.6. The zero-order valence-corrected chi connectivity index (χ0v) is 18.9. The van der Waals surface area contributed by atoms with E-state index in [0.717, 1.165) is 47.8 Å². The number of H-pyrrole nitrogens is 1. The first-order chi connectivity index (χ1) is 15.1. The lowest BCUT2D eigenvalue weighted by atomic mass is 9.88. The standard InChI is InChI=1S/C24H29N3O3S/c1-27(24(29)16-7-4-3-5-8-16)17-10-11-18-19(12-13-30-2)22(25-20(18)15-17)26-23(28)21-9-6-14-31-21/h6,9-11,14-16,25H,3-5,7-8,12-13H2,1-2H3,(H,26,28). The Bertz CT molecular complexity index is 1050. The van der Waals surface area contributed by atoms with Gasteiger partial charge in [0.2, 0.25) is 5.91 Å². The number of anilines is 2. The Morgan fingerprint density at radius 1 is 1.23 bits per heavy atom. The summed E-state index contributed by atoms with van der Waals surface area (Å²) in [5, 5.41) is 5.93. The zero-order valence-electron chi connectivity index (χ0n) is 18.1. The fourth-order valence-corrected chi connectivity index (χ4v) is 4.98. The molecule has 31 heavy (non-hydrogen) atoms. The molecule has 0 unspecified atom stereocenters. The molecule has 164 valence electrons. The van der Waals surface area contributed by atoms with Crippen molar-refractivity contribution < 1.29 is 14.3 Å². The van der Waals surface area contributed by atoms with Gasteiger partial charge < -0.3 is 19.9 Å². The van der Waals surface area contributed by atoms with Crippen LogP contribution < -0.4 is 10.2 Å². The van der Waals surface area contributed by atoms with Gasteiger partial charge >= 0.3 is 0 Å². The monoisotopic (exact) mass is 439 g/mol. The number of ether oxygens (including phenoxy) is 1. The Morgan fingerprint density at radius 2 is 2.03 bits per heavy atom. The van der Waals surface area contributed by atoms with E-state index in [1.165, 1.54) is 17.8 Å². The van der Waals surface area contributed by atoms with E-state index in [2.05, 4.69) is 10.3 Å². The molecule has 0 bridgehead atoms. The molecule has 1 aromatic carbocycles. The summed E-state index contributed by atoms with van der Waals surface area (Å²) < 4.78 is 5.28. The minimum absolute atomic E-state index is 0.121. The molecule has 3 aromatic rings. The smallest absolute Gasteiger partial charge is 0.266 e. The summed E-state index contributed by atoms with van der Waals surface area (Å²) in [6.45, 7) is 0.552. The third-order valence-electron chi connectivity index (χ3n) is 6.10. The summed E-state index contributed by atoms with van der Waals surface area (Å²) in [5.74, 6) is 0.862. The molecule has 2 N–H and O–H groups in total. The van der Waals surface area contributed by atoms with Crippen molar-refractivity contribution in [1.29, 1.82) is 0 Å². The van der Waals surface area contributed by atoms with Gasteiger partial charge in [-0.2, -0.15) is 0 Å². The van der Waals surface area contributed by atoms with Crippen LogP contribution in [-0.4, -0.2) is 37.6 Å².